The molecule has 0 amide bonds. The van der Waals surface area contributed by atoms with E-state index in [1.165, 1.54) is 0 Å². The van der Waals surface area contributed by atoms with E-state index in [1.54, 1.807) is 0 Å². The number of fused-ring (bicyclic) bond motifs is 1. The number of hydrogen-bond donors (Lipinski definition) is 1. The van der Waals surface area contributed by atoms with Crippen LogP contribution in [0.4, 0.5) is 8.78 Å². The van der Waals surface area contributed by atoms with Gasteiger partial charge in [0, 0.05) is 30.0 Å². The topological polar surface area (TPSA) is 29.5 Å². The zero-order valence-electron chi connectivity index (χ0n) is 8.72. The Bertz CT molecular complexity index is 453. The van der Waals surface area contributed by atoms with Crippen LogP contribution in [0.5, 0.6) is 5.75 Å². The van der Waals surface area contributed by atoms with Crippen LogP contribution >= 0.6 is 0 Å². The van der Waals surface area contributed by atoms with E-state index in [0.717, 1.165) is 6.07 Å². The van der Waals surface area contributed by atoms with E-state index in [9.17, 15) is 13.9 Å². The average molecular weight is 226 g/mol. The van der Waals surface area contributed by atoms with Crippen LogP contribution in [0.15, 0.2) is 6.07 Å². The molecular weight excluding hydrogens is 214 g/mol. The van der Waals surface area contributed by atoms with E-state index in [1.807, 2.05) is 0 Å². The molecule has 1 aromatic carbocycles. The molecule has 1 aliphatic carbocycles. The first-order valence-electron chi connectivity index (χ1n) is 5.44. The molecule has 16 heavy (non-hydrogen) atoms. The first-order chi connectivity index (χ1) is 7.59. The van der Waals surface area contributed by atoms with Gasteiger partial charge in [0.05, 0.1) is 12.2 Å². The summed E-state index contributed by atoms with van der Waals surface area (Å²) < 4.78 is 32.3. The van der Waals surface area contributed by atoms with E-state index >= 15 is 0 Å². The first-order valence-corrected chi connectivity index (χ1v) is 5.44. The van der Waals surface area contributed by atoms with E-state index < -0.39 is 17.2 Å². The Kier molecular flexibility index (Phi) is 1.98. The van der Waals surface area contributed by atoms with Gasteiger partial charge < -0.3 is 9.84 Å². The van der Waals surface area contributed by atoms with Gasteiger partial charge >= 0.3 is 0 Å². The van der Waals surface area contributed by atoms with E-state index in [0.29, 0.717) is 42.7 Å². The van der Waals surface area contributed by atoms with Crippen molar-refractivity contribution in [1.82, 2.24) is 0 Å². The van der Waals surface area contributed by atoms with Crippen molar-refractivity contribution in [3.63, 3.8) is 0 Å². The second-order valence-corrected chi connectivity index (χ2v) is 4.63. The van der Waals surface area contributed by atoms with Crippen molar-refractivity contribution >= 4 is 0 Å². The molecule has 3 rings (SSSR count). The van der Waals surface area contributed by atoms with Crippen molar-refractivity contribution in [2.45, 2.75) is 31.3 Å². The molecule has 0 saturated heterocycles. The fourth-order valence-corrected chi connectivity index (χ4v) is 2.16. The maximum Gasteiger partial charge on any atom is 0.133 e. The molecule has 1 fully saturated rings. The molecule has 2 aliphatic rings. The molecule has 1 aliphatic heterocycles. The Morgan fingerprint density at radius 2 is 2.06 bits per heavy atom. The van der Waals surface area contributed by atoms with Crippen molar-refractivity contribution in [3.8, 4) is 5.75 Å². The Morgan fingerprint density at radius 1 is 1.31 bits per heavy atom. The van der Waals surface area contributed by atoms with Gasteiger partial charge in [0.25, 0.3) is 0 Å². The summed E-state index contributed by atoms with van der Waals surface area (Å²) in [5.41, 5.74) is -0.0205. The van der Waals surface area contributed by atoms with Gasteiger partial charge in [-0.05, 0) is 12.8 Å². The molecule has 0 aromatic heterocycles. The van der Waals surface area contributed by atoms with Gasteiger partial charge in [-0.2, -0.15) is 0 Å². The fraction of sp³-hybridized carbons (Fsp3) is 0.500. The fourth-order valence-electron chi connectivity index (χ4n) is 2.16. The number of aliphatic hydroxyl groups is 1. The second kappa shape index (κ2) is 3.17. The van der Waals surface area contributed by atoms with Gasteiger partial charge in [-0.25, -0.2) is 8.78 Å². The number of ether oxygens (including phenoxy) is 1. The van der Waals surface area contributed by atoms with Crippen LogP contribution in [-0.2, 0) is 12.8 Å². The molecule has 1 aromatic rings. The minimum Gasteiger partial charge on any atom is -0.492 e. The highest BCUT2D eigenvalue weighted by atomic mass is 19.1. The third kappa shape index (κ3) is 1.48. The zero-order valence-corrected chi connectivity index (χ0v) is 8.72. The second-order valence-electron chi connectivity index (χ2n) is 4.63. The Labute approximate surface area is 91.8 Å². The smallest absolute Gasteiger partial charge is 0.133 e. The van der Waals surface area contributed by atoms with Crippen molar-refractivity contribution in [2.24, 2.45) is 0 Å². The van der Waals surface area contributed by atoms with Crippen LogP contribution in [0.3, 0.4) is 0 Å². The third-order valence-corrected chi connectivity index (χ3v) is 3.31. The quantitative estimate of drug-likeness (QED) is 0.835. The summed E-state index contributed by atoms with van der Waals surface area (Å²) in [6, 6.07) is 0.897. The zero-order chi connectivity index (χ0) is 11.3. The Morgan fingerprint density at radius 3 is 2.75 bits per heavy atom. The molecule has 0 spiro atoms. The van der Waals surface area contributed by atoms with Gasteiger partial charge in [-0.1, -0.05) is 0 Å². The lowest BCUT2D eigenvalue weighted by molar-refractivity contribution is 0.148. The summed E-state index contributed by atoms with van der Waals surface area (Å²) in [5, 5.41) is 9.79. The molecule has 1 N–H and O–H groups in total. The summed E-state index contributed by atoms with van der Waals surface area (Å²) in [6.45, 7) is 0.390. The van der Waals surface area contributed by atoms with Crippen LogP contribution in [-0.4, -0.2) is 17.3 Å². The molecule has 86 valence electrons. The minimum absolute atomic E-state index is 0.224. The lowest BCUT2D eigenvalue weighted by atomic mass is 10.0. The summed E-state index contributed by atoms with van der Waals surface area (Å²) in [6.07, 6.45) is 2.06. The predicted octanol–water partition coefficient (Wildman–Crippen LogP) is 1.97. The first kappa shape index (κ1) is 10.0. The van der Waals surface area contributed by atoms with Crippen LogP contribution in [0.1, 0.15) is 24.0 Å². The molecule has 0 radical (unpaired) electrons. The highest BCUT2D eigenvalue weighted by Crippen LogP contribution is 2.43. The van der Waals surface area contributed by atoms with Crippen LogP contribution in [0, 0.1) is 11.6 Å². The average Bonchev–Trinajstić information content (AvgIpc) is 2.79. The molecule has 1 heterocycles. The number of hydrogen-bond acceptors (Lipinski definition) is 2. The standard InChI is InChI=1S/C12H12F2O2/c13-9-5-10(14)8(6-12(15)2-3-12)11-7(9)1-4-16-11/h5,15H,1-4,6H2. The van der Waals surface area contributed by atoms with Gasteiger partial charge in [0.1, 0.15) is 17.4 Å². The van der Waals surface area contributed by atoms with E-state index in [4.69, 9.17) is 4.74 Å². The number of halogens is 2. The van der Waals surface area contributed by atoms with Crippen molar-refractivity contribution < 1.29 is 18.6 Å². The third-order valence-electron chi connectivity index (χ3n) is 3.31. The van der Waals surface area contributed by atoms with E-state index in [-0.39, 0.29) is 6.42 Å². The largest absolute Gasteiger partial charge is 0.492 e. The summed E-state index contributed by atoms with van der Waals surface area (Å²) in [4.78, 5) is 0. The molecular formula is C12H12F2O2. The molecule has 0 bridgehead atoms. The SMILES string of the molecule is OC1(Cc2c(F)cc(F)c3c2OCC3)CC1. The highest BCUT2D eigenvalue weighted by molar-refractivity contribution is 5.46. The van der Waals surface area contributed by atoms with Crippen LogP contribution in [0.2, 0.25) is 0 Å². The molecule has 0 atom stereocenters. The summed E-state index contributed by atoms with van der Waals surface area (Å²) in [7, 11) is 0. The summed E-state index contributed by atoms with van der Waals surface area (Å²) >= 11 is 0. The normalized spacial score (nSPS) is 20.4. The van der Waals surface area contributed by atoms with Gasteiger partial charge in [0.2, 0.25) is 0 Å². The molecule has 2 nitrogen and oxygen atoms in total. The summed E-state index contributed by atoms with van der Waals surface area (Å²) in [5.74, 6) is -0.840. The number of benzene rings is 1. The molecule has 4 heteroatoms. The Balaban J connectivity index is 2.06. The van der Waals surface area contributed by atoms with Crippen LogP contribution < -0.4 is 4.74 Å². The van der Waals surface area contributed by atoms with Crippen molar-refractivity contribution in [3.05, 3.63) is 28.8 Å². The maximum atomic E-state index is 13.6. The van der Waals surface area contributed by atoms with Gasteiger partial charge in [-0.3, -0.25) is 0 Å². The number of rotatable bonds is 2. The predicted molar refractivity (Wildman–Crippen MR) is 53.4 cm³/mol. The minimum atomic E-state index is -0.793. The van der Waals surface area contributed by atoms with E-state index in [2.05, 4.69) is 0 Å². The van der Waals surface area contributed by atoms with Crippen molar-refractivity contribution in [2.75, 3.05) is 6.61 Å². The lowest BCUT2D eigenvalue weighted by Crippen LogP contribution is -2.13. The maximum absolute atomic E-state index is 13.6. The molecule has 1 saturated carbocycles. The Hall–Kier alpha value is -1.16. The van der Waals surface area contributed by atoms with Gasteiger partial charge in [0.15, 0.2) is 0 Å². The van der Waals surface area contributed by atoms with Crippen LogP contribution in [0.25, 0.3) is 0 Å². The van der Waals surface area contributed by atoms with Crippen molar-refractivity contribution in [1.29, 1.82) is 0 Å². The highest BCUT2D eigenvalue weighted by Gasteiger charge is 2.42. The van der Waals surface area contributed by atoms with Gasteiger partial charge in [-0.15, -0.1) is 0 Å². The monoisotopic (exact) mass is 226 g/mol. The lowest BCUT2D eigenvalue weighted by Gasteiger charge is -2.13. The molecule has 0 unspecified atom stereocenters.